The van der Waals surface area contributed by atoms with Crippen LogP contribution in [0.1, 0.15) is 65.0 Å². The second-order valence-corrected chi connectivity index (χ2v) is 11.1. The highest BCUT2D eigenvalue weighted by molar-refractivity contribution is 5.99. The summed E-state index contributed by atoms with van der Waals surface area (Å²) in [5, 5.41) is 3.25. The minimum atomic E-state index is -0.518. The van der Waals surface area contributed by atoms with Crippen LogP contribution in [0.3, 0.4) is 0 Å². The summed E-state index contributed by atoms with van der Waals surface area (Å²) in [4.78, 5) is 32.5. The van der Waals surface area contributed by atoms with E-state index in [9.17, 15) is 9.59 Å². The number of benzene rings is 1. The van der Waals surface area contributed by atoms with Crippen LogP contribution in [-0.2, 0) is 14.3 Å². The quantitative estimate of drug-likeness (QED) is 0.584. The summed E-state index contributed by atoms with van der Waals surface area (Å²) in [5.74, 6) is 1.41. The molecule has 0 saturated heterocycles. The summed E-state index contributed by atoms with van der Waals surface area (Å²) in [5.41, 5.74) is 6.24. The highest BCUT2D eigenvalue weighted by Gasteiger charge is 2.52. The molecule has 1 unspecified atom stereocenters. The number of hydrogen-bond donors (Lipinski definition) is 2. The van der Waals surface area contributed by atoms with E-state index >= 15 is 0 Å². The van der Waals surface area contributed by atoms with Gasteiger partial charge in [0.2, 0.25) is 11.8 Å². The Morgan fingerprint density at radius 1 is 1.31 bits per heavy atom. The molecule has 35 heavy (non-hydrogen) atoms. The van der Waals surface area contributed by atoms with Crippen molar-refractivity contribution >= 4 is 17.8 Å². The van der Waals surface area contributed by atoms with Gasteiger partial charge in [0.1, 0.15) is 17.1 Å². The number of aliphatic imine (C=N–C) groups is 1. The maximum absolute atomic E-state index is 13.4. The van der Waals surface area contributed by atoms with Crippen molar-refractivity contribution in [1.29, 1.82) is 0 Å². The van der Waals surface area contributed by atoms with Crippen molar-refractivity contribution in [1.82, 2.24) is 10.2 Å². The molecule has 2 heterocycles. The second kappa shape index (κ2) is 9.33. The average molecular weight is 487 g/mol. The first-order valence-corrected chi connectivity index (χ1v) is 12.3. The standard InChI is InChI=1S/C26H38N4O5/c1-25(2)14-22(31)30(24(27)29-25)20(9-10-33-5)17-12-18(17)23(32)28-19-13-26(3,4)35-21-11-15(34-6)7-8-16(19)21/h7-8,11,17-20H,9-10,12-14H2,1-6H3,(H2,27,29)(H,28,32)/t17-,18?,19-,20+/m0/s1. The van der Waals surface area contributed by atoms with Crippen molar-refractivity contribution in [2.75, 3.05) is 20.8 Å². The maximum Gasteiger partial charge on any atom is 0.231 e. The first-order chi connectivity index (χ1) is 16.4. The fraction of sp³-hybridized carbons (Fsp3) is 0.654. The zero-order valence-electron chi connectivity index (χ0n) is 21.6. The van der Waals surface area contributed by atoms with Gasteiger partial charge in [-0.15, -0.1) is 0 Å². The number of guanidine groups is 1. The molecule has 4 atom stereocenters. The van der Waals surface area contributed by atoms with Gasteiger partial charge in [-0.1, -0.05) is 0 Å². The smallest absolute Gasteiger partial charge is 0.231 e. The Morgan fingerprint density at radius 2 is 2.06 bits per heavy atom. The number of methoxy groups -OCH3 is 2. The van der Waals surface area contributed by atoms with E-state index in [1.165, 1.54) is 0 Å². The Bertz CT molecular complexity index is 1020. The number of hydrogen-bond acceptors (Lipinski definition) is 7. The Labute approximate surface area is 207 Å². The van der Waals surface area contributed by atoms with Crippen molar-refractivity contribution < 1.29 is 23.8 Å². The van der Waals surface area contributed by atoms with Crippen LogP contribution in [0.15, 0.2) is 23.2 Å². The van der Waals surface area contributed by atoms with E-state index in [1.54, 1.807) is 19.1 Å². The van der Waals surface area contributed by atoms with E-state index in [-0.39, 0.29) is 48.1 Å². The van der Waals surface area contributed by atoms with Gasteiger partial charge in [-0.3, -0.25) is 14.5 Å². The molecule has 0 spiro atoms. The van der Waals surface area contributed by atoms with Crippen LogP contribution < -0.4 is 20.5 Å². The van der Waals surface area contributed by atoms with E-state index in [2.05, 4.69) is 10.3 Å². The number of carbonyl (C=O) groups is 2. The molecule has 1 aromatic rings. The van der Waals surface area contributed by atoms with Gasteiger partial charge in [-0.25, -0.2) is 4.99 Å². The summed E-state index contributed by atoms with van der Waals surface area (Å²) in [6.45, 7) is 8.30. The fourth-order valence-electron chi connectivity index (χ4n) is 5.42. The van der Waals surface area contributed by atoms with E-state index < -0.39 is 11.1 Å². The third kappa shape index (κ3) is 5.39. The minimum Gasteiger partial charge on any atom is -0.497 e. The minimum absolute atomic E-state index is 0.00671. The van der Waals surface area contributed by atoms with E-state index in [4.69, 9.17) is 19.9 Å². The van der Waals surface area contributed by atoms with E-state index in [0.717, 1.165) is 11.3 Å². The number of ether oxygens (including phenoxy) is 3. The molecule has 192 valence electrons. The number of amides is 2. The molecule has 2 aliphatic heterocycles. The number of nitrogens with one attached hydrogen (secondary N) is 1. The molecule has 3 N–H and O–H groups in total. The Balaban J connectivity index is 1.50. The van der Waals surface area contributed by atoms with Crippen LogP contribution in [0.2, 0.25) is 0 Å². The molecule has 1 saturated carbocycles. The van der Waals surface area contributed by atoms with Crippen molar-refractivity contribution in [3.8, 4) is 11.5 Å². The molecule has 1 fully saturated rings. The lowest BCUT2D eigenvalue weighted by Crippen LogP contribution is -2.55. The molecule has 4 rings (SSSR count). The molecule has 1 aromatic carbocycles. The maximum atomic E-state index is 13.4. The lowest BCUT2D eigenvalue weighted by molar-refractivity contribution is -0.132. The number of nitrogens with two attached hydrogens (primary N) is 1. The monoisotopic (exact) mass is 486 g/mol. The van der Waals surface area contributed by atoms with Gasteiger partial charge in [-0.05, 0) is 58.6 Å². The Kier molecular flexibility index (Phi) is 6.74. The SMILES string of the molecule is COCC[C@H]([C@H]1CC1C(=O)N[C@H]1CC(C)(C)Oc2cc(OC)ccc21)N1C(=O)CC(C)(C)N=C1N. The van der Waals surface area contributed by atoms with Gasteiger partial charge >= 0.3 is 0 Å². The van der Waals surface area contributed by atoms with Crippen LogP contribution >= 0.6 is 0 Å². The molecule has 2 amide bonds. The summed E-state index contributed by atoms with van der Waals surface area (Å²) in [7, 11) is 3.25. The first-order valence-electron chi connectivity index (χ1n) is 12.3. The van der Waals surface area contributed by atoms with Crippen molar-refractivity contribution in [2.24, 2.45) is 22.6 Å². The van der Waals surface area contributed by atoms with Crippen molar-refractivity contribution in [3.63, 3.8) is 0 Å². The fourth-order valence-corrected chi connectivity index (χ4v) is 5.42. The molecule has 9 heteroatoms. The summed E-state index contributed by atoms with van der Waals surface area (Å²) in [6.07, 6.45) is 2.24. The number of carbonyl (C=O) groups excluding carboxylic acids is 2. The predicted molar refractivity (Wildman–Crippen MR) is 132 cm³/mol. The third-order valence-corrected chi connectivity index (χ3v) is 7.13. The van der Waals surface area contributed by atoms with Gasteiger partial charge in [0.05, 0.1) is 25.1 Å². The van der Waals surface area contributed by atoms with E-state index in [1.807, 2.05) is 45.9 Å². The highest BCUT2D eigenvalue weighted by Crippen LogP contribution is 2.47. The lowest BCUT2D eigenvalue weighted by Gasteiger charge is -2.38. The molecule has 3 aliphatic rings. The molecular formula is C26H38N4O5. The lowest BCUT2D eigenvalue weighted by atomic mass is 9.89. The Hall–Kier alpha value is -2.81. The zero-order valence-corrected chi connectivity index (χ0v) is 21.6. The Morgan fingerprint density at radius 3 is 2.71 bits per heavy atom. The van der Waals surface area contributed by atoms with Crippen LogP contribution in [0.4, 0.5) is 0 Å². The molecule has 0 aromatic heterocycles. The summed E-state index contributed by atoms with van der Waals surface area (Å²) in [6, 6.07) is 5.30. The van der Waals surface area contributed by atoms with Crippen LogP contribution in [0.5, 0.6) is 11.5 Å². The average Bonchev–Trinajstić information content (AvgIpc) is 3.54. The normalized spacial score (nSPS) is 27.3. The first kappa shape index (κ1) is 25.3. The summed E-state index contributed by atoms with van der Waals surface area (Å²) >= 11 is 0. The van der Waals surface area contributed by atoms with Gasteiger partial charge in [0, 0.05) is 43.7 Å². The van der Waals surface area contributed by atoms with Gasteiger partial charge in [-0.2, -0.15) is 0 Å². The molecule has 0 radical (unpaired) electrons. The van der Waals surface area contributed by atoms with E-state index in [0.29, 0.717) is 31.6 Å². The second-order valence-electron chi connectivity index (χ2n) is 11.1. The number of fused-ring (bicyclic) bond motifs is 1. The van der Waals surface area contributed by atoms with Crippen molar-refractivity contribution in [3.05, 3.63) is 23.8 Å². The third-order valence-electron chi connectivity index (χ3n) is 7.13. The van der Waals surface area contributed by atoms with Gasteiger partial charge in [0.15, 0.2) is 5.96 Å². The summed E-state index contributed by atoms with van der Waals surface area (Å²) < 4.78 is 16.8. The van der Waals surface area contributed by atoms with Crippen LogP contribution in [-0.4, -0.2) is 60.7 Å². The number of nitrogens with zero attached hydrogens (tertiary/aromatic N) is 2. The predicted octanol–water partition coefficient (Wildman–Crippen LogP) is 2.78. The van der Waals surface area contributed by atoms with Crippen LogP contribution in [0, 0.1) is 11.8 Å². The van der Waals surface area contributed by atoms with Gasteiger partial charge < -0.3 is 25.3 Å². The number of rotatable bonds is 8. The zero-order chi connectivity index (χ0) is 25.5. The molecular weight excluding hydrogens is 448 g/mol. The molecule has 0 bridgehead atoms. The highest BCUT2D eigenvalue weighted by atomic mass is 16.5. The molecule has 1 aliphatic carbocycles. The topological polar surface area (TPSA) is 115 Å². The largest absolute Gasteiger partial charge is 0.497 e. The van der Waals surface area contributed by atoms with Crippen LogP contribution in [0.25, 0.3) is 0 Å². The van der Waals surface area contributed by atoms with Crippen molar-refractivity contribution in [2.45, 2.75) is 76.6 Å². The molecule has 9 nitrogen and oxygen atoms in total. The van der Waals surface area contributed by atoms with Gasteiger partial charge in [0.25, 0.3) is 0 Å².